The first-order valence-corrected chi connectivity index (χ1v) is 6.66. The molecular formula is C13H21N5O. The van der Waals surface area contributed by atoms with Gasteiger partial charge in [0.1, 0.15) is 0 Å². The van der Waals surface area contributed by atoms with Gasteiger partial charge in [0, 0.05) is 36.8 Å². The van der Waals surface area contributed by atoms with Crippen LogP contribution in [0.3, 0.4) is 0 Å². The second kappa shape index (κ2) is 5.97. The summed E-state index contributed by atoms with van der Waals surface area (Å²) in [6.07, 6.45) is 2.12. The van der Waals surface area contributed by atoms with E-state index < -0.39 is 0 Å². The molecule has 0 aliphatic heterocycles. The van der Waals surface area contributed by atoms with Gasteiger partial charge in [-0.05, 0) is 27.7 Å². The lowest BCUT2D eigenvalue weighted by Crippen LogP contribution is -2.22. The topological polar surface area (TPSA) is 68.8 Å². The maximum Gasteiger partial charge on any atom is 0.213 e. The van der Waals surface area contributed by atoms with Crippen LogP contribution in [-0.2, 0) is 13.0 Å². The Bertz CT molecular complexity index is 517. The summed E-state index contributed by atoms with van der Waals surface area (Å²) in [6.45, 7) is 10.2. The monoisotopic (exact) mass is 263 g/mol. The average Bonchev–Trinajstić information content (AvgIpc) is 2.97. The van der Waals surface area contributed by atoms with Crippen molar-refractivity contribution in [3.8, 4) is 0 Å². The van der Waals surface area contributed by atoms with Crippen molar-refractivity contribution in [3.63, 3.8) is 0 Å². The summed E-state index contributed by atoms with van der Waals surface area (Å²) in [5, 5.41) is 11.8. The summed E-state index contributed by atoms with van der Waals surface area (Å²) in [7, 11) is 0. The number of hydrogen-bond acceptors (Lipinski definition) is 5. The van der Waals surface area contributed by atoms with E-state index in [1.54, 1.807) is 0 Å². The van der Waals surface area contributed by atoms with Gasteiger partial charge in [0.05, 0.1) is 5.69 Å². The van der Waals surface area contributed by atoms with Crippen LogP contribution in [0.5, 0.6) is 0 Å². The number of aromatic nitrogens is 4. The highest BCUT2D eigenvalue weighted by Crippen LogP contribution is 2.21. The van der Waals surface area contributed by atoms with E-state index in [2.05, 4.69) is 48.3 Å². The van der Waals surface area contributed by atoms with Crippen LogP contribution in [-0.4, -0.2) is 26.5 Å². The van der Waals surface area contributed by atoms with E-state index >= 15 is 0 Å². The second-order valence-electron chi connectivity index (χ2n) is 4.67. The molecule has 1 atom stereocenters. The summed E-state index contributed by atoms with van der Waals surface area (Å²) in [4.78, 5) is 4.00. The summed E-state index contributed by atoms with van der Waals surface area (Å²) in [6, 6.07) is 0.271. The molecule has 6 nitrogen and oxygen atoms in total. The lowest BCUT2D eigenvalue weighted by molar-refractivity contribution is 0.408. The number of aryl methyl sites for hydroxylation is 2. The first-order chi connectivity index (χ1) is 9.13. The lowest BCUT2D eigenvalue weighted by Gasteiger charge is -2.14. The van der Waals surface area contributed by atoms with Crippen molar-refractivity contribution >= 4 is 0 Å². The van der Waals surface area contributed by atoms with Crippen LogP contribution in [0.15, 0.2) is 10.9 Å². The van der Waals surface area contributed by atoms with E-state index in [0.717, 1.165) is 31.0 Å². The Labute approximate surface area is 113 Å². The van der Waals surface area contributed by atoms with Gasteiger partial charge in [0.25, 0.3) is 0 Å². The van der Waals surface area contributed by atoms with Crippen molar-refractivity contribution in [1.29, 1.82) is 0 Å². The highest BCUT2D eigenvalue weighted by molar-refractivity contribution is 5.27. The molecule has 0 aliphatic carbocycles. The molecule has 0 saturated heterocycles. The van der Waals surface area contributed by atoms with Crippen LogP contribution < -0.4 is 5.32 Å². The fourth-order valence-corrected chi connectivity index (χ4v) is 2.45. The van der Waals surface area contributed by atoms with Crippen LogP contribution in [0.25, 0.3) is 0 Å². The number of hydrogen-bond donors (Lipinski definition) is 1. The molecule has 0 saturated carbocycles. The van der Waals surface area contributed by atoms with Crippen LogP contribution >= 0.6 is 0 Å². The molecule has 0 aliphatic rings. The Morgan fingerprint density at radius 1 is 1.42 bits per heavy atom. The van der Waals surface area contributed by atoms with E-state index in [9.17, 15) is 0 Å². The number of rotatable bonds is 6. The summed E-state index contributed by atoms with van der Waals surface area (Å²) in [5.41, 5.74) is 3.62. The van der Waals surface area contributed by atoms with Gasteiger partial charge in [-0.1, -0.05) is 5.16 Å². The van der Waals surface area contributed by atoms with Crippen molar-refractivity contribution in [2.45, 2.75) is 46.7 Å². The SMILES string of the molecule is CCn1nc(C)c(C(C)NCCc2ncon2)c1C. The molecule has 2 rings (SSSR count). The first-order valence-electron chi connectivity index (χ1n) is 6.66. The minimum atomic E-state index is 0.271. The third kappa shape index (κ3) is 3.01. The second-order valence-corrected chi connectivity index (χ2v) is 4.67. The summed E-state index contributed by atoms with van der Waals surface area (Å²) >= 11 is 0. The molecule has 1 unspecified atom stereocenters. The molecule has 19 heavy (non-hydrogen) atoms. The van der Waals surface area contributed by atoms with Gasteiger partial charge in [0.15, 0.2) is 5.82 Å². The van der Waals surface area contributed by atoms with Gasteiger partial charge in [0.2, 0.25) is 6.39 Å². The number of nitrogens with one attached hydrogen (secondary N) is 1. The van der Waals surface area contributed by atoms with Gasteiger partial charge >= 0.3 is 0 Å². The van der Waals surface area contributed by atoms with Crippen LogP contribution in [0.1, 0.15) is 42.7 Å². The molecule has 0 radical (unpaired) electrons. The molecule has 0 spiro atoms. The van der Waals surface area contributed by atoms with Gasteiger partial charge in [-0.25, -0.2) is 0 Å². The summed E-state index contributed by atoms with van der Waals surface area (Å²) < 4.78 is 6.75. The highest BCUT2D eigenvalue weighted by Gasteiger charge is 2.16. The lowest BCUT2D eigenvalue weighted by atomic mass is 10.1. The zero-order valence-electron chi connectivity index (χ0n) is 12.0. The van der Waals surface area contributed by atoms with Gasteiger partial charge in [-0.2, -0.15) is 10.1 Å². The minimum absolute atomic E-state index is 0.271. The molecule has 6 heteroatoms. The third-order valence-corrected chi connectivity index (χ3v) is 3.38. The molecule has 104 valence electrons. The minimum Gasteiger partial charge on any atom is -0.343 e. The van der Waals surface area contributed by atoms with E-state index in [1.807, 2.05) is 4.68 Å². The molecule has 2 heterocycles. The molecule has 1 N–H and O–H groups in total. The molecular weight excluding hydrogens is 242 g/mol. The highest BCUT2D eigenvalue weighted by atomic mass is 16.5. The van der Waals surface area contributed by atoms with Crippen LogP contribution in [0, 0.1) is 13.8 Å². The van der Waals surface area contributed by atoms with E-state index in [4.69, 9.17) is 4.52 Å². The van der Waals surface area contributed by atoms with Gasteiger partial charge in [-0.15, -0.1) is 0 Å². The van der Waals surface area contributed by atoms with E-state index in [0.29, 0.717) is 0 Å². The Morgan fingerprint density at radius 2 is 2.21 bits per heavy atom. The normalized spacial score (nSPS) is 12.8. The quantitative estimate of drug-likeness (QED) is 0.860. The Hall–Kier alpha value is -1.69. The first kappa shape index (κ1) is 13.7. The molecule has 2 aromatic rings. The fraction of sp³-hybridized carbons (Fsp3) is 0.615. The third-order valence-electron chi connectivity index (χ3n) is 3.38. The van der Waals surface area contributed by atoms with Crippen molar-refractivity contribution in [3.05, 3.63) is 29.2 Å². The largest absolute Gasteiger partial charge is 0.343 e. The molecule has 0 fully saturated rings. The Balaban J connectivity index is 1.96. The zero-order valence-corrected chi connectivity index (χ0v) is 12.0. The van der Waals surface area contributed by atoms with Crippen molar-refractivity contribution < 1.29 is 4.52 Å². The van der Waals surface area contributed by atoms with E-state index in [-0.39, 0.29) is 6.04 Å². The summed E-state index contributed by atoms with van der Waals surface area (Å²) in [5.74, 6) is 0.734. The average molecular weight is 263 g/mol. The van der Waals surface area contributed by atoms with Crippen LogP contribution in [0.4, 0.5) is 0 Å². The van der Waals surface area contributed by atoms with Crippen molar-refractivity contribution in [2.75, 3.05) is 6.54 Å². The maximum absolute atomic E-state index is 4.71. The predicted octanol–water partition coefficient (Wildman–Crippen LogP) is 1.80. The maximum atomic E-state index is 4.71. The molecule has 0 bridgehead atoms. The van der Waals surface area contributed by atoms with Crippen molar-refractivity contribution in [1.82, 2.24) is 25.2 Å². The Morgan fingerprint density at radius 3 is 2.79 bits per heavy atom. The number of nitrogens with zero attached hydrogens (tertiary/aromatic N) is 4. The molecule has 0 aromatic carbocycles. The predicted molar refractivity (Wildman–Crippen MR) is 71.8 cm³/mol. The smallest absolute Gasteiger partial charge is 0.213 e. The van der Waals surface area contributed by atoms with Gasteiger partial charge < -0.3 is 9.84 Å². The van der Waals surface area contributed by atoms with Crippen molar-refractivity contribution in [2.24, 2.45) is 0 Å². The fourth-order valence-electron chi connectivity index (χ4n) is 2.45. The Kier molecular flexibility index (Phi) is 4.31. The standard InChI is InChI=1S/C13H21N5O/c1-5-18-11(4)13(10(3)16-18)9(2)14-7-6-12-15-8-19-17-12/h8-9,14H,5-7H2,1-4H3. The molecule has 0 amide bonds. The van der Waals surface area contributed by atoms with E-state index in [1.165, 1.54) is 17.7 Å². The van der Waals surface area contributed by atoms with Gasteiger partial charge in [-0.3, -0.25) is 4.68 Å². The zero-order chi connectivity index (χ0) is 13.8. The van der Waals surface area contributed by atoms with Crippen LogP contribution in [0.2, 0.25) is 0 Å². The molecule has 2 aromatic heterocycles.